The summed E-state index contributed by atoms with van der Waals surface area (Å²) in [5.74, 6) is 1.67. The molecule has 0 bridgehead atoms. The molecule has 1 unspecified atom stereocenters. The van der Waals surface area contributed by atoms with E-state index in [1.54, 1.807) is 6.33 Å². The van der Waals surface area contributed by atoms with Gasteiger partial charge in [0.05, 0.1) is 6.54 Å². The summed E-state index contributed by atoms with van der Waals surface area (Å²) >= 11 is 0. The molecule has 1 N–H and O–H groups in total. The van der Waals surface area contributed by atoms with E-state index in [-0.39, 0.29) is 5.91 Å². The molecule has 1 saturated heterocycles. The molecule has 1 aromatic rings. The molecule has 0 saturated carbocycles. The second-order valence-corrected chi connectivity index (χ2v) is 5.17. The van der Waals surface area contributed by atoms with Crippen molar-refractivity contribution in [3.8, 4) is 0 Å². The van der Waals surface area contributed by atoms with Crippen LogP contribution in [0, 0.1) is 5.92 Å². The van der Waals surface area contributed by atoms with Crippen LogP contribution in [0.2, 0.25) is 0 Å². The molecule has 0 aromatic carbocycles. The van der Waals surface area contributed by atoms with Crippen LogP contribution in [0.25, 0.3) is 0 Å². The minimum atomic E-state index is 0.262. The molecule has 2 aliphatic heterocycles. The first-order chi connectivity index (χ1) is 8.83. The number of nitrogens with one attached hydrogen (secondary N) is 1. The average Bonchev–Trinajstić information content (AvgIpc) is 2.87. The fourth-order valence-electron chi connectivity index (χ4n) is 2.75. The molecule has 1 aromatic heterocycles. The molecular weight excluding hydrogens is 230 g/mol. The predicted octanol–water partition coefficient (Wildman–Crippen LogP) is 0.0100. The van der Waals surface area contributed by atoms with E-state index in [1.807, 2.05) is 9.47 Å². The van der Waals surface area contributed by atoms with E-state index in [0.717, 1.165) is 32.0 Å². The number of rotatable bonds is 2. The Hall–Kier alpha value is -1.43. The Morgan fingerprint density at radius 3 is 3.28 bits per heavy atom. The molecule has 3 heterocycles. The summed E-state index contributed by atoms with van der Waals surface area (Å²) < 4.78 is 2.02. The quantitative estimate of drug-likeness (QED) is 0.802. The Morgan fingerprint density at radius 2 is 2.44 bits per heavy atom. The van der Waals surface area contributed by atoms with Gasteiger partial charge in [0.1, 0.15) is 6.33 Å². The SMILES string of the molecule is O=C(CC1CCCNC1)N1CCn2cnnc2C1. The molecule has 1 fully saturated rings. The standard InChI is InChI=1S/C12H19N5O/c18-12(6-10-2-1-3-13-7-10)16-4-5-17-9-14-15-11(17)8-16/h9-10,13H,1-8H2. The van der Waals surface area contributed by atoms with Crippen LogP contribution in [0.5, 0.6) is 0 Å². The van der Waals surface area contributed by atoms with Crippen molar-refractivity contribution < 1.29 is 4.79 Å². The average molecular weight is 249 g/mol. The van der Waals surface area contributed by atoms with Gasteiger partial charge in [-0.15, -0.1) is 10.2 Å². The number of carbonyl (C=O) groups is 1. The van der Waals surface area contributed by atoms with Gasteiger partial charge < -0.3 is 14.8 Å². The summed E-state index contributed by atoms with van der Waals surface area (Å²) in [6.07, 6.45) is 4.76. The van der Waals surface area contributed by atoms with Gasteiger partial charge in [-0.1, -0.05) is 0 Å². The van der Waals surface area contributed by atoms with Crippen molar-refractivity contribution in [3.63, 3.8) is 0 Å². The zero-order valence-corrected chi connectivity index (χ0v) is 10.5. The van der Waals surface area contributed by atoms with Crippen molar-refractivity contribution in [2.24, 2.45) is 5.92 Å². The molecule has 6 nitrogen and oxygen atoms in total. The van der Waals surface area contributed by atoms with Crippen LogP contribution in [0.3, 0.4) is 0 Å². The van der Waals surface area contributed by atoms with Gasteiger partial charge >= 0.3 is 0 Å². The molecule has 1 amide bonds. The van der Waals surface area contributed by atoms with Crippen molar-refractivity contribution in [1.29, 1.82) is 0 Å². The number of hydrogen-bond acceptors (Lipinski definition) is 4. The van der Waals surface area contributed by atoms with Gasteiger partial charge in [-0.2, -0.15) is 0 Å². The third-order valence-corrected chi connectivity index (χ3v) is 3.85. The highest BCUT2D eigenvalue weighted by atomic mass is 16.2. The monoisotopic (exact) mass is 249 g/mol. The van der Waals surface area contributed by atoms with Gasteiger partial charge in [-0.05, 0) is 31.8 Å². The molecule has 2 aliphatic rings. The van der Waals surface area contributed by atoms with Crippen LogP contribution in [-0.2, 0) is 17.9 Å². The largest absolute Gasteiger partial charge is 0.333 e. The van der Waals surface area contributed by atoms with Crippen LogP contribution < -0.4 is 5.32 Å². The van der Waals surface area contributed by atoms with E-state index in [4.69, 9.17) is 0 Å². The van der Waals surface area contributed by atoms with E-state index in [1.165, 1.54) is 12.8 Å². The van der Waals surface area contributed by atoms with E-state index >= 15 is 0 Å². The summed E-state index contributed by atoms with van der Waals surface area (Å²) in [5, 5.41) is 11.3. The molecule has 6 heteroatoms. The van der Waals surface area contributed by atoms with Gasteiger partial charge in [0.15, 0.2) is 5.82 Å². The van der Waals surface area contributed by atoms with Gasteiger partial charge in [-0.3, -0.25) is 4.79 Å². The molecule has 98 valence electrons. The van der Waals surface area contributed by atoms with Gasteiger partial charge in [0.2, 0.25) is 5.91 Å². The maximum Gasteiger partial charge on any atom is 0.223 e. The number of aromatic nitrogens is 3. The summed E-state index contributed by atoms with van der Waals surface area (Å²) in [7, 11) is 0. The number of nitrogens with zero attached hydrogens (tertiary/aromatic N) is 4. The first kappa shape index (κ1) is 11.6. The summed E-state index contributed by atoms with van der Waals surface area (Å²) in [4.78, 5) is 14.2. The highest BCUT2D eigenvalue weighted by Crippen LogP contribution is 2.17. The number of fused-ring (bicyclic) bond motifs is 1. The third kappa shape index (κ3) is 2.38. The van der Waals surface area contributed by atoms with Crippen LogP contribution in [0.4, 0.5) is 0 Å². The molecule has 0 radical (unpaired) electrons. The van der Waals surface area contributed by atoms with Crippen molar-refractivity contribution in [3.05, 3.63) is 12.2 Å². The molecule has 0 aliphatic carbocycles. The molecule has 1 atom stereocenters. The topological polar surface area (TPSA) is 63.1 Å². The Morgan fingerprint density at radius 1 is 1.50 bits per heavy atom. The van der Waals surface area contributed by atoms with Crippen LogP contribution in [0.15, 0.2) is 6.33 Å². The van der Waals surface area contributed by atoms with Crippen LogP contribution in [-0.4, -0.2) is 45.2 Å². The van der Waals surface area contributed by atoms with Crippen molar-refractivity contribution in [2.75, 3.05) is 19.6 Å². The van der Waals surface area contributed by atoms with Gasteiger partial charge in [-0.25, -0.2) is 0 Å². The maximum absolute atomic E-state index is 12.2. The summed E-state index contributed by atoms with van der Waals surface area (Å²) in [6.45, 7) is 4.28. The number of piperidine rings is 1. The van der Waals surface area contributed by atoms with Crippen molar-refractivity contribution in [1.82, 2.24) is 25.0 Å². The number of carbonyl (C=O) groups excluding carboxylic acids is 1. The molecule has 0 spiro atoms. The third-order valence-electron chi connectivity index (χ3n) is 3.85. The lowest BCUT2D eigenvalue weighted by molar-refractivity contribution is -0.133. The lowest BCUT2D eigenvalue weighted by Gasteiger charge is -2.29. The lowest BCUT2D eigenvalue weighted by Crippen LogP contribution is -2.40. The smallest absolute Gasteiger partial charge is 0.223 e. The Kier molecular flexibility index (Phi) is 3.27. The van der Waals surface area contributed by atoms with Gasteiger partial charge in [0.25, 0.3) is 0 Å². The second-order valence-electron chi connectivity index (χ2n) is 5.17. The Labute approximate surface area is 106 Å². The Balaban J connectivity index is 1.57. The Bertz CT molecular complexity index is 424. The maximum atomic E-state index is 12.2. The van der Waals surface area contributed by atoms with Crippen molar-refractivity contribution in [2.45, 2.75) is 32.4 Å². The normalized spacial score (nSPS) is 23.8. The molecular formula is C12H19N5O. The van der Waals surface area contributed by atoms with E-state index in [0.29, 0.717) is 18.9 Å². The first-order valence-electron chi connectivity index (χ1n) is 6.68. The summed E-state index contributed by atoms with van der Waals surface area (Å²) in [6, 6.07) is 0. The zero-order valence-electron chi connectivity index (χ0n) is 10.5. The highest BCUT2D eigenvalue weighted by Gasteiger charge is 2.24. The molecule has 3 rings (SSSR count). The first-order valence-corrected chi connectivity index (χ1v) is 6.68. The fourth-order valence-corrected chi connectivity index (χ4v) is 2.75. The predicted molar refractivity (Wildman–Crippen MR) is 65.6 cm³/mol. The number of amides is 1. The minimum absolute atomic E-state index is 0.262. The lowest BCUT2D eigenvalue weighted by atomic mass is 9.95. The van der Waals surface area contributed by atoms with E-state index in [9.17, 15) is 4.79 Å². The second kappa shape index (κ2) is 5.06. The van der Waals surface area contributed by atoms with Crippen LogP contribution >= 0.6 is 0 Å². The van der Waals surface area contributed by atoms with Crippen LogP contribution in [0.1, 0.15) is 25.1 Å². The minimum Gasteiger partial charge on any atom is -0.333 e. The van der Waals surface area contributed by atoms with E-state index < -0.39 is 0 Å². The van der Waals surface area contributed by atoms with Crippen molar-refractivity contribution >= 4 is 5.91 Å². The fraction of sp³-hybridized carbons (Fsp3) is 0.750. The zero-order chi connectivity index (χ0) is 12.4. The molecule has 18 heavy (non-hydrogen) atoms. The van der Waals surface area contributed by atoms with Gasteiger partial charge in [0, 0.05) is 19.5 Å². The number of hydrogen-bond donors (Lipinski definition) is 1. The van der Waals surface area contributed by atoms with E-state index in [2.05, 4.69) is 15.5 Å². The summed E-state index contributed by atoms with van der Waals surface area (Å²) in [5.41, 5.74) is 0. The highest BCUT2D eigenvalue weighted by molar-refractivity contribution is 5.76.